The summed E-state index contributed by atoms with van der Waals surface area (Å²) in [5, 5.41) is 2.38. The van der Waals surface area contributed by atoms with Gasteiger partial charge in [0, 0.05) is 19.9 Å². The second kappa shape index (κ2) is 12.0. The number of amides is 1. The minimum atomic E-state index is -1.93. The van der Waals surface area contributed by atoms with Crippen molar-refractivity contribution in [1.29, 1.82) is 0 Å². The van der Waals surface area contributed by atoms with Crippen LogP contribution >= 0.6 is 11.6 Å². The highest BCUT2D eigenvalue weighted by Gasteiger charge is 2.50. The number of esters is 2. The highest BCUT2D eigenvalue weighted by molar-refractivity contribution is 6.18. The molecule has 0 aliphatic carbocycles. The van der Waals surface area contributed by atoms with Crippen LogP contribution < -0.4 is 5.32 Å². The molecular weight excluding hydrogens is 342 g/mol. The van der Waals surface area contributed by atoms with Crippen molar-refractivity contribution >= 4 is 29.4 Å². The summed E-state index contributed by atoms with van der Waals surface area (Å²) in [6, 6.07) is 0. The Labute approximate surface area is 147 Å². The Morgan fingerprint density at radius 3 is 2.04 bits per heavy atom. The first-order chi connectivity index (χ1) is 11.4. The van der Waals surface area contributed by atoms with E-state index in [0.717, 1.165) is 0 Å². The number of carbonyl (C=O) groups excluding carboxylic acids is 3. The van der Waals surface area contributed by atoms with Crippen molar-refractivity contribution in [3.05, 3.63) is 0 Å². The number of nitrogens with one attached hydrogen (secondary N) is 1. The van der Waals surface area contributed by atoms with Gasteiger partial charge >= 0.3 is 11.9 Å². The average Bonchev–Trinajstić information content (AvgIpc) is 2.53. The van der Waals surface area contributed by atoms with Gasteiger partial charge in [0.25, 0.3) is 0 Å². The average molecular weight is 368 g/mol. The Hall–Kier alpha value is -1.38. The molecule has 0 saturated heterocycles. The molecule has 0 aromatic rings. The lowest BCUT2D eigenvalue weighted by Gasteiger charge is -2.30. The van der Waals surface area contributed by atoms with Crippen LogP contribution in [0.3, 0.4) is 0 Å². The molecular formula is C15H26ClNO7. The molecule has 1 unspecified atom stereocenters. The van der Waals surface area contributed by atoms with Gasteiger partial charge in [-0.25, -0.2) is 9.59 Å². The van der Waals surface area contributed by atoms with Gasteiger partial charge < -0.3 is 24.3 Å². The summed E-state index contributed by atoms with van der Waals surface area (Å²) in [6.07, 6.45) is -0.334. The summed E-state index contributed by atoms with van der Waals surface area (Å²) in [6.45, 7) is 4.53. The first-order valence-electron chi connectivity index (χ1n) is 7.67. The van der Waals surface area contributed by atoms with Gasteiger partial charge in [0.05, 0.1) is 19.3 Å². The Morgan fingerprint density at radius 2 is 1.67 bits per heavy atom. The van der Waals surface area contributed by atoms with Crippen LogP contribution in [-0.2, 0) is 33.3 Å². The molecule has 0 aromatic carbocycles. The molecule has 0 aromatic heterocycles. The predicted molar refractivity (Wildman–Crippen MR) is 86.5 cm³/mol. The fourth-order valence-corrected chi connectivity index (χ4v) is 2.25. The largest absolute Gasteiger partial charge is 0.464 e. The number of hydrogen-bond donors (Lipinski definition) is 1. The van der Waals surface area contributed by atoms with Gasteiger partial charge in [0.1, 0.15) is 6.79 Å². The summed E-state index contributed by atoms with van der Waals surface area (Å²) in [4.78, 5) is 36.4. The number of methoxy groups -OCH3 is 1. The zero-order chi connectivity index (χ0) is 18.6. The number of alkyl halides is 1. The molecule has 0 rings (SSSR count). The van der Waals surface area contributed by atoms with E-state index in [-0.39, 0.29) is 38.7 Å². The molecule has 0 bridgehead atoms. The van der Waals surface area contributed by atoms with Gasteiger partial charge in [-0.1, -0.05) is 0 Å². The fourth-order valence-electron chi connectivity index (χ4n) is 2.01. The molecule has 1 atom stereocenters. The van der Waals surface area contributed by atoms with Crippen molar-refractivity contribution in [1.82, 2.24) is 5.32 Å². The maximum atomic E-state index is 12.4. The van der Waals surface area contributed by atoms with E-state index in [4.69, 9.17) is 30.5 Å². The Morgan fingerprint density at radius 1 is 1.12 bits per heavy atom. The third kappa shape index (κ3) is 7.02. The van der Waals surface area contributed by atoms with Gasteiger partial charge in [-0.2, -0.15) is 0 Å². The van der Waals surface area contributed by atoms with E-state index < -0.39 is 29.5 Å². The minimum absolute atomic E-state index is 0.0172. The molecule has 0 aliphatic rings. The van der Waals surface area contributed by atoms with E-state index in [9.17, 15) is 14.4 Å². The van der Waals surface area contributed by atoms with Gasteiger partial charge in [0.2, 0.25) is 11.4 Å². The van der Waals surface area contributed by atoms with Crippen LogP contribution in [0.2, 0.25) is 0 Å². The van der Waals surface area contributed by atoms with Crippen LogP contribution in [0, 0.1) is 0 Å². The van der Waals surface area contributed by atoms with E-state index in [1.165, 1.54) is 14.0 Å². The zero-order valence-corrected chi connectivity index (χ0v) is 15.3. The number of hydrogen-bond acceptors (Lipinski definition) is 7. The van der Waals surface area contributed by atoms with E-state index in [1.54, 1.807) is 13.8 Å². The summed E-state index contributed by atoms with van der Waals surface area (Å²) in [5.41, 5.74) is -1.93. The molecule has 1 amide bonds. The van der Waals surface area contributed by atoms with Gasteiger partial charge in [-0.3, -0.25) is 4.79 Å². The van der Waals surface area contributed by atoms with Crippen LogP contribution in [0.1, 0.15) is 33.6 Å². The first-order valence-corrected chi connectivity index (χ1v) is 8.21. The standard InChI is InChI=1S/C15H26ClNO7/c1-5-22-13(19)15(17-11(3)18,14(20)23-6-2)8-7-12(9-16)24-10-21-4/h12H,5-10H2,1-4H3,(H,17,18). The van der Waals surface area contributed by atoms with E-state index in [2.05, 4.69) is 5.32 Å². The Balaban J connectivity index is 5.41. The molecule has 8 nitrogen and oxygen atoms in total. The SMILES string of the molecule is CCOC(=O)C(CCC(CCl)OCOC)(NC(C)=O)C(=O)OCC. The summed E-state index contributed by atoms with van der Waals surface area (Å²) in [5.74, 6) is -2.18. The summed E-state index contributed by atoms with van der Waals surface area (Å²) in [7, 11) is 1.46. The third-order valence-electron chi connectivity index (χ3n) is 3.07. The van der Waals surface area contributed by atoms with Gasteiger partial charge in [0.15, 0.2) is 0 Å². The van der Waals surface area contributed by atoms with Crippen molar-refractivity contribution < 1.29 is 33.3 Å². The molecule has 0 spiro atoms. The zero-order valence-electron chi connectivity index (χ0n) is 14.6. The highest BCUT2D eigenvalue weighted by Crippen LogP contribution is 2.21. The maximum Gasteiger partial charge on any atom is 0.343 e. The monoisotopic (exact) mass is 367 g/mol. The summed E-state index contributed by atoms with van der Waals surface area (Å²) >= 11 is 5.82. The highest BCUT2D eigenvalue weighted by atomic mass is 35.5. The van der Waals surface area contributed by atoms with Crippen LogP contribution in [0.5, 0.6) is 0 Å². The molecule has 0 fully saturated rings. The smallest absolute Gasteiger partial charge is 0.343 e. The Bertz CT molecular complexity index is 399. The molecule has 140 valence electrons. The van der Waals surface area contributed by atoms with Gasteiger partial charge in [-0.05, 0) is 26.7 Å². The lowest BCUT2D eigenvalue weighted by molar-refractivity contribution is -0.169. The first kappa shape index (κ1) is 22.6. The summed E-state index contributed by atoms with van der Waals surface area (Å²) < 4.78 is 20.1. The van der Waals surface area contributed by atoms with Gasteiger partial charge in [-0.15, -0.1) is 11.6 Å². The fraction of sp³-hybridized carbons (Fsp3) is 0.800. The number of ether oxygens (including phenoxy) is 4. The lowest BCUT2D eigenvalue weighted by Crippen LogP contribution is -2.61. The van der Waals surface area contributed by atoms with Crippen LogP contribution in [0.15, 0.2) is 0 Å². The van der Waals surface area contributed by atoms with Crippen LogP contribution in [0.4, 0.5) is 0 Å². The van der Waals surface area contributed by atoms with E-state index in [0.29, 0.717) is 0 Å². The molecule has 0 radical (unpaired) electrons. The van der Waals surface area contributed by atoms with Crippen molar-refractivity contribution in [3.63, 3.8) is 0 Å². The second-order valence-corrected chi connectivity index (χ2v) is 5.22. The van der Waals surface area contributed by atoms with Crippen molar-refractivity contribution in [2.45, 2.75) is 45.3 Å². The predicted octanol–water partition coefficient (Wildman–Crippen LogP) is 0.996. The molecule has 1 N–H and O–H groups in total. The van der Waals surface area contributed by atoms with Crippen molar-refractivity contribution in [3.8, 4) is 0 Å². The maximum absolute atomic E-state index is 12.4. The number of rotatable bonds is 12. The molecule has 0 saturated carbocycles. The molecule has 0 heterocycles. The molecule has 24 heavy (non-hydrogen) atoms. The van der Waals surface area contributed by atoms with Crippen molar-refractivity contribution in [2.75, 3.05) is 33.0 Å². The van der Waals surface area contributed by atoms with Crippen LogP contribution in [0.25, 0.3) is 0 Å². The van der Waals surface area contributed by atoms with Crippen molar-refractivity contribution in [2.24, 2.45) is 0 Å². The minimum Gasteiger partial charge on any atom is -0.464 e. The second-order valence-electron chi connectivity index (χ2n) is 4.92. The van der Waals surface area contributed by atoms with E-state index in [1.807, 2.05) is 0 Å². The third-order valence-corrected chi connectivity index (χ3v) is 3.42. The topological polar surface area (TPSA) is 100 Å². The number of carbonyl (C=O) groups is 3. The normalized spacial score (nSPS) is 12.4. The lowest BCUT2D eigenvalue weighted by atomic mass is 9.91. The van der Waals surface area contributed by atoms with E-state index >= 15 is 0 Å². The Kier molecular flexibility index (Phi) is 11.4. The molecule has 9 heteroatoms. The number of halogens is 1. The van der Waals surface area contributed by atoms with Crippen LogP contribution in [-0.4, -0.2) is 62.5 Å². The quantitative estimate of drug-likeness (QED) is 0.237. The molecule has 0 aliphatic heterocycles.